The van der Waals surface area contributed by atoms with Crippen molar-refractivity contribution >= 4 is 21.6 Å². The molecule has 1 atom stereocenters. The third-order valence-corrected chi connectivity index (χ3v) is 4.06. The van der Waals surface area contributed by atoms with Gasteiger partial charge in [-0.1, -0.05) is 36.2 Å². The van der Waals surface area contributed by atoms with Gasteiger partial charge in [0.1, 0.15) is 0 Å². The minimum absolute atomic E-state index is 0.431. The van der Waals surface area contributed by atoms with E-state index in [9.17, 15) is 0 Å². The Kier molecular flexibility index (Phi) is 3.97. The van der Waals surface area contributed by atoms with Gasteiger partial charge >= 0.3 is 0 Å². The zero-order chi connectivity index (χ0) is 13.2. The summed E-state index contributed by atoms with van der Waals surface area (Å²) >= 11 is 3.45. The van der Waals surface area contributed by atoms with Crippen LogP contribution < -0.4 is 5.32 Å². The van der Waals surface area contributed by atoms with Crippen molar-refractivity contribution in [3.05, 3.63) is 28.2 Å². The predicted octanol–water partition coefficient (Wildman–Crippen LogP) is 4.70. The Morgan fingerprint density at radius 1 is 1.39 bits per heavy atom. The van der Waals surface area contributed by atoms with Crippen LogP contribution in [0.15, 0.2) is 22.7 Å². The van der Waals surface area contributed by atoms with Crippen LogP contribution in [0.4, 0.5) is 5.69 Å². The summed E-state index contributed by atoms with van der Waals surface area (Å²) < 4.78 is 0.958. The lowest BCUT2D eigenvalue weighted by atomic mass is 9.75. The minimum atomic E-state index is 0.431. The van der Waals surface area contributed by atoms with Gasteiger partial charge in [-0.2, -0.15) is 5.26 Å². The molecule has 0 spiro atoms. The van der Waals surface area contributed by atoms with E-state index in [2.05, 4.69) is 41.2 Å². The standard InChI is InChI=1S/C15H19BrN2/c1-15(2)5-3-4-13(9-15)18-14-7-11(10-17)6-12(16)8-14/h6-8,13,18H,3-5,9H2,1-2H3. The smallest absolute Gasteiger partial charge is 0.0992 e. The molecular formula is C15H19BrN2. The van der Waals surface area contributed by atoms with E-state index in [4.69, 9.17) is 5.26 Å². The lowest BCUT2D eigenvalue weighted by molar-refractivity contribution is 0.229. The Morgan fingerprint density at radius 3 is 2.83 bits per heavy atom. The van der Waals surface area contributed by atoms with E-state index in [-0.39, 0.29) is 0 Å². The van der Waals surface area contributed by atoms with E-state index < -0.39 is 0 Å². The molecular weight excluding hydrogens is 288 g/mol. The number of anilines is 1. The maximum absolute atomic E-state index is 8.98. The van der Waals surface area contributed by atoms with Crippen molar-refractivity contribution in [2.75, 3.05) is 5.32 Å². The van der Waals surface area contributed by atoms with E-state index in [1.54, 1.807) is 0 Å². The number of nitrogens with one attached hydrogen (secondary N) is 1. The molecule has 0 saturated heterocycles. The molecule has 0 aromatic heterocycles. The molecule has 0 amide bonds. The van der Waals surface area contributed by atoms with Crippen molar-refractivity contribution in [2.45, 2.75) is 45.6 Å². The molecule has 0 bridgehead atoms. The van der Waals surface area contributed by atoms with E-state index in [0.29, 0.717) is 17.0 Å². The summed E-state index contributed by atoms with van der Waals surface area (Å²) in [6, 6.07) is 8.52. The zero-order valence-corrected chi connectivity index (χ0v) is 12.5. The molecule has 0 radical (unpaired) electrons. The lowest BCUT2D eigenvalue weighted by Gasteiger charge is -2.36. The van der Waals surface area contributed by atoms with Crippen LogP contribution in [0, 0.1) is 16.7 Å². The van der Waals surface area contributed by atoms with Crippen LogP contribution in [0.1, 0.15) is 45.1 Å². The Hall–Kier alpha value is -1.01. The molecule has 1 aromatic rings. The molecule has 0 aliphatic heterocycles. The lowest BCUT2D eigenvalue weighted by Crippen LogP contribution is -2.31. The number of hydrogen-bond acceptors (Lipinski definition) is 2. The fourth-order valence-corrected chi connectivity index (χ4v) is 3.29. The summed E-state index contributed by atoms with van der Waals surface area (Å²) in [5.41, 5.74) is 2.17. The predicted molar refractivity (Wildman–Crippen MR) is 78.5 cm³/mol. The van der Waals surface area contributed by atoms with Crippen molar-refractivity contribution in [1.82, 2.24) is 0 Å². The monoisotopic (exact) mass is 306 g/mol. The maximum atomic E-state index is 8.98. The van der Waals surface area contributed by atoms with Gasteiger partial charge in [0.05, 0.1) is 11.6 Å². The molecule has 2 nitrogen and oxygen atoms in total. The number of halogens is 1. The molecule has 1 aliphatic rings. The third-order valence-electron chi connectivity index (χ3n) is 3.60. The first-order valence-electron chi connectivity index (χ1n) is 6.46. The van der Waals surface area contributed by atoms with Gasteiger partial charge in [-0.15, -0.1) is 0 Å². The highest BCUT2D eigenvalue weighted by Crippen LogP contribution is 2.36. The van der Waals surface area contributed by atoms with Crippen LogP contribution in [0.5, 0.6) is 0 Å². The first-order chi connectivity index (χ1) is 8.48. The second kappa shape index (κ2) is 5.32. The molecule has 1 saturated carbocycles. The second-order valence-corrected chi connectivity index (χ2v) is 6.86. The van der Waals surface area contributed by atoms with Gasteiger partial charge in [0, 0.05) is 16.2 Å². The largest absolute Gasteiger partial charge is 0.382 e. The molecule has 96 valence electrons. The topological polar surface area (TPSA) is 35.8 Å². The van der Waals surface area contributed by atoms with E-state index >= 15 is 0 Å². The van der Waals surface area contributed by atoms with E-state index in [1.807, 2.05) is 18.2 Å². The van der Waals surface area contributed by atoms with Gasteiger partial charge in [0.15, 0.2) is 0 Å². The molecule has 1 unspecified atom stereocenters. The fraction of sp³-hybridized carbons (Fsp3) is 0.533. The molecule has 3 heteroatoms. The SMILES string of the molecule is CC1(C)CCCC(Nc2cc(Br)cc(C#N)c2)C1. The van der Waals surface area contributed by atoms with Crippen molar-refractivity contribution < 1.29 is 0 Å². The van der Waals surface area contributed by atoms with Crippen LogP contribution in [-0.4, -0.2) is 6.04 Å². The molecule has 1 N–H and O–H groups in total. The highest BCUT2D eigenvalue weighted by atomic mass is 79.9. The van der Waals surface area contributed by atoms with Crippen LogP contribution in [0.25, 0.3) is 0 Å². The first-order valence-corrected chi connectivity index (χ1v) is 7.25. The van der Waals surface area contributed by atoms with Gasteiger partial charge in [-0.25, -0.2) is 0 Å². The summed E-state index contributed by atoms with van der Waals surface area (Å²) in [6.07, 6.45) is 5.01. The number of rotatable bonds is 2. The van der Waals surface area contributed by atoms with Gasteiger partial charge in [0.25, 0.3) is 0 Å². The summed E-state index contributed by atoms with van der Waals surface area (Å²) in [6.45, 7) is 4.67. The van der Waals surface area contributed by atoms with Gasteiger partial charge in [0.2, 0.25) is 0 Å². The van der Waals surface area contributed by atoms with E-state index in [0.717, 1.165) is 10.2 Å². The van der Waals surface area contributed by atoms with Crippen molar-refractivity contribution in [3.63, 3.8) is 0 Å². The number of nitriles is 1. The summed E-state index contributed by atoms with van der Waals surface area (Å²) in [4.78, 5) is 0. The van der Waals surface area contributed by atoms with E-state index in [1.165, 1.54) is 25.7 Å². The Labute approximate surface area is 118 Å². The minimum Gasteiger partial charge on any atom is -0.382 e. The number of nitrogens with zero attached hydrogens (tertiary/aromatic N) is 1. The molecule has 1 aromatic carbocycles. The van der Waals surface area contributed by atoms with Crippen LogP contribution in [0.3, 0.4) is 0 Å². The third kappa shape index (κ3) is 3.49. The van der Waals surface area contributed by atoms with Crippen molar-refractivity contribution in [1.29, 1.82) is 5.26 Å². The molecule has 0 heterocycles. The normalized spacial score (nSPS) is 22.2. The number of hydrogen-bond donors (Lipinski definition) is 1. The van der Waals surface area contributed by atoms with Crippen molar-refractivity contribution in [3.8, 4) is 6.07 Å². The zero-order valence-electron chi connectivity index (χ0n) is 11.0. The Balaban J connectivity index is 2.10. The molecule has 2 rings (SSSR count). The summed E-state index contributed by atoms with van der Waals surface area (Å²) in [5.74, 6) is 0. The average molecular weight is 307 g/mol. The first kappa shape index (κ1) is 13.4. The summed E-state index contributed by atoms with van der Waals surface area (Å²) in [7, 11) is 0. The second-order valence-electron chi connectivity index (χ2n) is 5.94. The van der Waals surface area contributed by atoms with Gasteiger partial charge in [-0.05, 0) is 42.9 Å². The maximum Gasteiger partial charge on any atom is 0.0992 e. The highest BCUT2D eigenvalue weighted by Gasteiger charge is 2.27. The van der Waals surface area contributed by atoms with Crippen LogP contribution >= 0.6 is 15.9 Å². The van der Waals surface area contributed by atoms with Crippen molar-refractivity contribution in [2.24, 2.45) is 5.41 Å². The Bertz CT molecular complexity index is 474. The molecule has 18 heavy (non-hydrogen) atoms. The van der Waals surface area contributed by atoms with Gasteiger partial charge in [-0.3, -0.25) is 0 Å². The Morgan fingerprint density at radius 2 is 2.17 bits per heavy atom. The van der Waals surface area contributed by atoms with Crippen LogP contribution in [-0.2, 0) is 0 Å². The molecule has 1 aliphatic carbocycles. The van der Waals surface area contributed by atoms with Gasteiger partial charge < -0.3 is 5.32 Å². The van der Waals surface area contributed by atoms with Crippen LogP contribution in [0.2, 0.25) is 0 Å². The molecule has 1 fully saturated rings. The fourth-order valence-electron chi connectivity index (χ4n) is 2.79. The highest BCUT2D eigenvalue weighted by molar-refractivity contribution is 9.10. The number of benzene rings is 1. The quantitative estimate of drug-likeness (QED) is 0.859. The summed E-state index contributed by atoms with van der Waals surface area (Å²) in [5, 5.41) is 12.5. The average Bonchev–Trinajstić information content (AvgIpc) is 2.26.